The average molecular weight is 557 g/mol. The highest BCUT2D eigenvalue weighted by Crippen LogP contribution is 2.34. The number of aliphatic hydroxyl groups is 4. The average Bonchev–Trinajstić information content (AvgIpc) is 3.28. The number of carbonyl (C=O) groups is 4. The van der Waals surface area contributed by atoms with E-state index in [0.717, 1.165) is 22.1 Å². The van der Waals surface area contributed by atoms with Crippen molar-refractivity contribution in [2.45, 2.75) is 67.7 Å². The molecule has 0 unspecified atom stereocenters. The van der Waals surface area contributed by atoms with Gasteiger partial charge in [0.15, 0.2) is 18.3 Å². The number of carboxylic acid groups (broad SMARTS) is 1. The number of ether oxygens (including phenoxy) is 3. The van der Waals surface area contributed by atoms with Crippen molar-refractivity contribution in [1.29, 1.82) is 0 Å². The van der Waals surface area contributed by atoms with Crippen LogP contribution in [0.25, 0.3) is 0 Å². The molecule has 4 aliphatic rings. The zero-order valence-electron chi connectivity index (χ0n) is 21.1. The topological polar surface area (TPSA) is 233 Å². The van der Waals surface area contributed by atoms with E-state index >= 15 is 0 Å². The number of nitrogens with zero attached hydrogens (tertiary/aromatic N) is 3. The fourth-order valence-corrected chi connectivity index (χ4v) is 5.08. The maximum atomic E-state index is 13.6. The molecule has 4 aliphatic heterocycles. The Morgan fingerprint density at radius 3 is 2.38 bits per heavy atom. The van der Waals surface area contributed by atoms with E-state index in [0.29, 0.717) is 0 Å². The second kappa shape index (κ2) is 11.4. The van der Waals surface area contributed by atoms with Gasteiger partial charge >= 0.3 is 5.97 Å². The molecule has 0 radical (unpaired) electrons. The summed E-state index contributed by atoms with van der Waals surface area (Å²) in [5.74, 6) is -3.31. The summed E-state index contributed by atoms with van der Waals surface area (Å²) in [5, 5.41) is 52.2. The van der Waals surface area contributed by atoms with E-state index in [1.165, 1.54) is 25.1 Å². The number of aliphatic hydroxyl groups excluding tert-OH is 4. The Bertz CT molecular complexity index is 1070. The highest BCUT2D eigenvalue weighted by molar-refractivity contribution is 6.06. The standard InChI is InChI=1S/C23H32N4O12/c1-25-5-4-10(22(35)36)26(2)20(34)13(25)18(39-23-17(33)14(30)11(8-24)37-23)19-15(31)16(32)21(38-19)27-6-3-9(28)7-12(27)29/h3-4,6,11,13-19,21,23,30-33H,5,7-8,24H2,1-2H3,(H,35,36)/t11-,13+,14-,15+,16-,17-,18+,19+,21-,23+/m1/s1. The van der Waals surface area contributed by atoms with Gasteiger partial charge in [-0.2, -0.15) is 0 Å². The molecule has 216 valence electrons. The van der Waals surface area contributed by atoms with Gasteiger partial charge in [0.25, 0.3) is 0 Å². The number of carbonyl (C=O) groups excluding carboxylic acids is 3. The number of aliphatic carboxylic acids is 1. The molecule has 7 N–H and O–H groups in total. The van der Waals surface area contributed by atoms with Gasteiger partial charge in [0.1, 0.15) is 54.5 Å². The number of amides is 2. The third-order valence-corrected chi connectivity index (χ3v) is 7.27. The molecule has 0 spiro atoms. The van der Waals surface area contributed by atoms with Crippen LogP contribution in [-0.4, -0.2) is 152 Å². The van der Waals surface area contributed by atoms with Crippen LogP contribution in [0.4, 0.5) is 0 Å². The van der Waals surface area contributed by atoms with Gasteiger partial charge in [-0.3, -0.25) is 24.2 Å². The molecule has 2 fully saturated rings. The molecule has 0 bridgehead atoms. The SMILES string of the molecule is CN1C(=O)[C@H]([C@H](O[C@@H]2O[C@H](CN)[C@@H](O)[C@H]2O)[C@H]2O[C@@H](N3C=CC(=O)CC3=O)[C@H](O)[C@@H]2O)N(C)CC=C1C(=O)O. The first-order valence-electron chi connectivity index (χ1n) is 12.2. The Balaban J connectivity index is 1.70. The van der Waals surface area contributed by atoms with Crippen molar-refractivity contribution >= 4 is 23.6 Å². The monoisotopic (exact) mass is 556 g/mol. The Morgan fingerprint density at radius 1 is 1.10 bits per heavy atom. The molecule has 0 aromatic rings. The molecule has 39 heavy (non-hydrogen) atoms. The summed E-state index contributed by atoms with van der Waals surface area (Å²) in [6.07, 6.45) is -10.6. The number of allylic oxidation sites excluding steroid dienone is 1. The van der Waals surface area contributed by atoms with E-state index in [-0.39, 0.29) is 18.8 Å². The lowest BCUT2D eigenvalue weighted by atomic mass is 9.97. The maximum Gasteiger partial charge on any atom is 0.352 e. The van der Waals surface area contributed by atoms with Crippen LogP contribution in [0.3, 0.4) is 0 Å². The van der Waals surface area contributed by atoms with Crippen molar-refractivity contribution in [3.63, 3.8) is 0 Å². The van der Waals surface area contributed by atoms with E-state index in [1.54, 1.807) is 0 Å². The normalized spacial score (nSPS) is 38.8. The highest BCUT2D eigenvalue weighted by atomic mass is 16.7. The van der Waals surface area contributed by atoms with Crippen LogP contribution in [0.15, 0.2) is 24.0 Å². The molecule has 10 atom stereocenters. The van der Waals surface area contributed by atoms with Crippen LogP contribution in [0.2, 0.25) is 0 Å². The number of hydrogen-bond acceptors (Lipinski definition) is 13. The third-order valence-electron chi connectivity index (χ3n) is 7.27. The minimum Gasteiger partial charge on any atom is -0.477 e. The quantitative estimate of drug-likeness (QED) is 0.162. The van der Waals surface area contributed by atoms with Crippen LogP contribution in [0, 0.1) is 0 Å². The summed E-state index contributed by atoms with van der Waals surface area (Å²) >= 11 is 0. The molecule has 16 nitrogen and oxygen atoms in total. The Labute approximate surface area is 222 Å². The van der Waals surface area contributed by atoms with E-state index in [1.807, 2.05) is 0 Å². The molecule has 0 aromatic heterocycles. The fourth-order valence-electron chi connectivity index (χ4n) is 5.08. The summed E-state index contributed by atoms with van der Waals surface area (Å²) in [5.41, 5.74) is 5.27. The van der Waals surface area contributed by atoms with E-state index in [2.05, 4.69) is 0 Å². The minimum absolute atomic E-state index is 0.0609. The van der Waals surface area contributed by atoms with Gasteiger partial charge < -0.3 is 50.4 Å². The van der Waals surface area contributed by atoms with Crippen molar-refractivity contribution in [3.05, 3.63) is 24.0 Å². The Hall–Kier alpha value is -2.80. The van der Waals surface area contributed by atoms with E-state index in [9.17, 15) is 44.7 Å². The Morgan fingerprint density at radius 2 is 1.79 bits per heavy atom. The van der Waals surface area contributed by atoms with Gasteiger partial charge in [0, 0.05) is 26.3 Å². The van der Waals surface area contributed by atoms with Crippen LogP contribution in [0.5, 0.6) is 0 Å². The summed E-state index contributed by atoms with van der Waals surface area (Å²) in [4.78, 5) is 52.6. The minimum atomic E-state index is -1.76. The second-order valence-corrected chi connectivity index (χ2v) is 9.77. The molecule has 0 saturated carbocycles. The lowest BCUT2D eigenvalue weighted by Gasteiger charge is -2.38. The van der Waals surface area contributed by atoms with Gasteiger partial charge in [0.05, 0.1) is 6.42 Å². The molecule has 16 heteroatoms. The van der Waals surface area contributed by atoms with Crippen molar-refractivity contribution < 1.29 is 58.9 Å². The second-order valence-electron chi connectivity index (χ2n) is 9.77. The predicted octanol–water partition coefficient (Wildman–Crippen LogP) is -4.72. The first-order chi connectivity index (χ1) is 18.4. The molecule has 4 heterocycles. The van der Waals surface area contributed by atoms with Crippen LogP contribution in [-0.2, 0) is 33.4 Å². The zero-order chi connectivity index (χ0) is 28.8. The van der Waals surface area contributed by atoms with Gasteiger partial charge in [-0.15, -0.1) is 0 Å². The van der Waals surface area contributed by atoms with E-state index in [4.69, 9.17) is 19.9 Å². The first kappa shape index (κ1) is 29.2. The predicted molar refractivity (Wildman–Crippen MR) is 126 cm³/mol. The van der Waals surface area contributed by atoms with Crippen LogP contribution >= 0.6 is 0 Å². The highest BCUT2D eigenvalue weighted by Gasteiger charge is 2.56. The number of hydrogen-bond donors (Lipinski definition) is 6. The lowest BCUT2D eigenvalue weighted by molar-refractivity contribution is -0.233. The molecular formula is C23H32N4O12. The Kier molecular flexibility index (Phi) is 8.50. The van der Waals surface area contributed by atoms with Crippen molar-refractivity contribution in [2.24, 2.45) is 5.73 Å². The zero-order valence-corrected chi connectivity index (χ0v) is 21.1. The number of ketones is 1. The smallest absolute Gasteiger partial charge is 0.352 e. The van der Waals surface area contributed by atoms with Crippen molar-refractivity contribution in [3.8, 4) is 0 Å². The molecule has 0 aromatic carbocycles. The van der Waals surface area contributed by atoms with Crippen LogP contribution < -0.4 is 5.73 Å². The fraction of sp³-hybridized carbons (Fsp3) is 0.652. The molecule has 0 aliphatic carbocycles. The number of carboxylic acids is 1. The third kappa shape index (κ3) is 5.34. The number of rotatable bonds is 7. The number of nitrogens with two attached hydrogens (primary N) is 1. The van der Waals surface area contributed by atoms with Crippen molar-refractivity contribution in [2.75, 3.05) is 27.2 Å². The first-order valence-corrected chi connectivity index (χ1v) is 12.2. The largest absolute Gasteiger partial charge is 0.477 e. The van der Waals surface area contributed by atoms with Crippen LogP contribution in [0.1, 0.15) is 6.42 Å². The summed E-state index contributed by atoms with van der Waals surface area (Å²) in [7, 11) is 2.72. The van der Waals surface area contributed by atoms with Gasteiger partial charge in [-0.1, -0.05) is 0 Å². The molecule has 2 saturated heterocycles. The van der Waals surface area contributed by atoms with E-state index < -0.39 is 91.3 Å². The molecule has 2 amide bonds. The van der Waals surface area contributed by atoms with Gasteiger partial charge in [-0.25, -0.2) is 4.79 Å². The summed E-state index contributed by atoms with van der Waals surface area (Å²) in [6, 6.07) is -1.37. The molecule has 4 rings (SSSR count). The maximum absolute atomic E-state index is 13.6. The van der Waals surface area contributed by atoms with Gasteiger partial charge in [-0.05, 0) is 19.2 Å². The lowest BCUT2D eigenvalue weighted by Crippen LogP contribution is -2.59. The van der Waals surface area contributed by atoms with Gasteiger partial charge in [0.2, 0.25) is 11.8 Å². The van der Waals surface area contributed by atoms with Crippen molar-refractivity contribution in [1.82, 2.24) is 14.7 Å². The molecular weight excluding hydrogens is 524 g/mol. The summed E-state index contributed by atoms with van der Waals surface area (Å²) in [6.45, 7) is -0.236. The number of likely N-dealkylation sites (N-methyl/N-ethyl adjacent to an activating group) is 2. The summed E-state index contributed by atoms with van der Waals surface area (Å²) < 4.78 is 17.4.